The number of halogens is 1. The first-order valence-corrected chi connectivity index (χ1v) is 6.81. The zero-order valence-electron chi connectivity index (χ0n) is 12.1. The lowest BCUT2D eigenvalue weighted by atomic mass is 10.1. The van der Waals surface area contributed by atoms with Gasteiger partial charge < -0.3 is 14.8 Å². The molecule has 8 heteroatoms. The van der Waals surface area contributed by atoms with Crippen molar-refractivity contribution in [2.24, 2.45) is 0 Å². The number of hydrogen-bond acceptors (Lipinski definition) is 6. The van der Waals surface area contributed by atoms with E-state index in [9.17, 15) is 9.59 Å². The molecule has 116 valence electrons. The molecule has 1 N–H and O–H groups in total. The van der Waals surface area contributed by atoms with Gasteiger partial charge in [-0.3, -0.25) is 0 Å². The van der Waals surface area contributed by atoms with Crippen LogP contribution in [0.1, 0.15) is 26.3 Å². The van der Waals surface area contributed by atoms with E-state index in [4.69, 9.17) is 21.1 Å². The molecule has 0 aliphatic rings. The molecule has 21 heavy (non-hydrogen) atoms. The van der Waals surface area contributed by atoms with E-state index in [-0.39, 0.29) is 12.5 Å². The molecule has 0 aliphatic heterocycles. The highest BCUT2D eigenvalue weighted by molar-refractivity contribution is 6.17. The minimum atomic E-state index is -0.926. The number of carbonyl (C=O) groups excluding carboxylic acids is 2. The van der Waals surface area contributed by atoms with Crippen LogP contribution in [0.25, 0.3) is 0 Å². The van der Waals surface area contributed by atoms with Crippen molar-refractivity contribution in [2.75, 3.05) is 6.07 Å². The molecule has 1 amide bonds. The maximum atomic E-state index is 11.8. The van der Waals surface area contributed by atoms with Crippen LogP contribution >= 0.6 is 11.6 Å². The third-order valence-corrected chi connectivity index (χ3v) is 2.34. The van der Waals surface area contributed by atoms with Gasteiger partial charge in [0.15, 0.2) is 6.07 Å². The first-order valence-electron chi connectivity index (χ1n) is 6.28. The van der Waals surface area contributed by atoms with Gasteiger partial charge in [0.05, 0.1) is 0 Å². The second-order valence-electron chi connectivity index (χ2n) is 5.22. The van der Waals surface area contributed by atoms with Crippen LogP contribution in [0.15, 0.2) is 18.7 Å². The summed E-state index contributed by atoms with van der Waals surface area (Å²) in [5.74, 6) is -0.653. The van der Waals surface area contributed by atoms with Crippen molar-refractivity contribution < 1.29 is 19.1 Å². The van der Waals surface area contributed by atoms with Crippen molar-refractivity contribution in [1.29, 1.82) is 0 Å². The molecule has 1 atom stereocenters. The van der Waals surface area contributed by atoms with Gasteiger partial charge in [0.2, 0.25) is 0 Å². The summed E-state index contributed by atoms with van der Waals surface area (Å²) in [6.07, 6.45) is 3.93. The van der Waals surface area contributed by atoms with Crippen LogP contribution in [0.2, 0.25) is 0 Å². The third-order valence-electron chi connectivity index (χ3n) is 2.23. The molecule has 0 saturated carbocycles. The highest BCUT2D eigenvalue weighted by Gasteiger charge is 2.25. The summed E-state index contributed by atoms with van der Waals surface area (Å²) < 4.78 is 9.83. The van der Waals surface area contributed by atoms with E-state index in [1.807, 2.05) is 0 Å². The van der Waals surface area contributed by atoms with E-state index < -0.39 is 23.7 Å². The molecule has 0 radical (unpaired) electrons. The van der Waals surface area contributed by atoms with Crippen LogP contribution < -0.4 is 5.32 Å². The van der Waals surface area contributed by atoms with E-state index >= 15 is 0 Å². The fourth-order valence-electron chi connectivity index (χ4n) is 1.47. The van der Waals surface area contributed by atoms with Crippen molar-refractivity contribution in [3.8, 4) is 0 Å². The van der Waals surface area contributed by atoms with Gasteiger partial charge in [-0.1, -0.05) is 11.6 Å². The molecule has 0 fully saturated rings. The monoisotopic (exact) mass is 315 g/mol. The van der Waals surface area contributed by atoms with E-state index in [1.165, 1.54) is 6.33 Å². The highest BCUT2D eigenvalue weighted by Crippen LogP contribution is 2.08. The van der Waals surface area contributed by atoms with Crippen molar-refractivity contribution in [1.82, 2.24) is 15.3 Å². The molecular weight excluding hydrogens is 298 g/mol. The molecule has 0 aliphatic carbocycles. The average molecular weight is 316 g/mol. The number of nitrogens with zero attached hydrogens (tertiary/aromatic N) is 2. The minimum Gasteiger partial charge on any atom is -0.448 e. The highest BCUT2D eigenvalue weighted by atomic mass is 35.5. The van der Waals surface area contributed by atoms with Crippen molar-refractivity contribution in [3.05, 3.63) is 24.3 Å². The second-order valence-corrected chi connectivity index (χ2v) is 5.44. The van der Waals surface area contributed by atoms with Gasteiger partial charge in [-0.15, -0.1) is 0 Å². The maximum absolute atomic E-state index is 11.8. The summed E-state index contributed by atoms with van der Waals surface area (Å²) in [5.41, 5.74) is 0.00558. The summed E-state index contributed by atoms with van der Waals surface area (Å²) >= 11 is 5.37. The first kappa shape index (κ1) is 17.2. The molecule has 1 aromatic rings. The minimum absolute atomic E-state index is 0.176. The Bertz CT molecular complexity index is 476. The molecule has 7 nitrogen and oxygen atoms in total. The average Bonchev–Trinajstić information content (AvgIpc) is 2.37. The van der Waals surface area contributed by atoms with Crippen molar-refractivity contribution >= 4 is 23.7 Å². The van der Waals surface area contributed by atoms with Gasteiger partial charge in [-0.25, -0.2) is 19.6 Å². The van der Waals surface area contributed by atoms with Gasteiger partial charge in [0, 0.05) is 18.8 Å². The van der Waals surface area contributed by atoms with Crippen LogP contribution in [-0.2, 0) is 20.7 Å². The van der Waals surface area contributed by atoms with Gasteiger partial charge in [-0.05, 0) is 26.3 Å². The number of hydrogen-bond donors (Lipinski definition) is 1. The van der Waals surface area contributed by atoms with E-state index in [1.54, 1.807) is 33.2 Å². The number of esters is 1. The number of alkyl halides is 1. The molecular formula is C13H18ClN3O4. The Morgan fingerprint density at radius 1 is 1.33 bits per heavy atom. The number of nitrogens with one attached hydrogen (secondary N) is 1. The van der Waals surface area contributed by atoms with E-state index in [2.05, 4.69) is 15.3 Å². The summed E-state index contributed by atoms with van der Waals surface area (Å²) in [6.45, 7) is 5.18. The molecule has 0 aromatic carbocycles. The Labute approximate surface area is 128 Å². The molecule has 1 aromatic heterocycles. The Hall–Kier alpha value is -1.89. The Kier molecular flexibility index (Phi) is 6.36. The maximum Gasteiger partial charge on any atom is 0.408 e. The smallest absolute Gasteiger partial charge is 0.408 e. The Morgan fingerprint density at radius 3 is 2.48 bits per heavy atom. The van der Waals surface area contributed by atoms with E-state index in [0.717, 1.165) is 0 Å². The number of rotatable bonds is 5. The number of ether oxygens (including phenoxy) is 2. The lowest BCUT2D eigenvalue weighted by Crippen LogP contribution is -2.45. The quantitative estimate of drug-likeness (QED) is 0.656. The van der Waals surface area contributed by atoms with Crippen LogP contribution in [0.5, 0.6) is 0 Å². The van der Waals surface area contributed by atoms with Crippen molar-refractivity contribution in [3.63, 3.8) is 0 Å². The molecule has 0 spiro atoms. The van der Waals surface area contributed by atoms with Gasteiger partial charge in [0.1, 0.15) is 18.0 Å². The summed E-state index contributed by atoms with van der Waals surface area (Å²) in [7, 11) is 0. The summed E-state index contributed by atoms with van der Waals surface area (Å²) in [4.78, 5) is 31.3. The fourth-order valence-corrected chi connectivity index (χ4v) is 1.58. The zero-order chi connectivity index (χ0) is 15.9. The largest absolute Gasteiger partial charge is 0.448 e. The van der Waals surface area contributed by atoms with Gasteiger partial charge >= 0.3 is 12.1 Å². The topological polar surface area (TPSA) is 90.4 Å². The number of amides is 1. The predicted octanol–water partition coefficient (Wildman–Crippen LogP) is 1.65. The number of carbonyl (C=O) groups is 2. The van der Waals surface area contributed by atoms with E-state index in [0.29, 0.717) is 5.56 Å². The van der Waals surface area contributed by atoms with Crippen LogP contribution in [-0.4, -0.2) is 39.7 Å². The lowest BCUT2D eigenvalue weighted by molar-refractivity contribution is -0.144. The molecule has 0 unspecified atom stereocenters. The predicted molar refractivity (Wildman–Crippen MR) is 75.7 cm³/mol. The summed E-state index contributed by atoms with van der Waals surface area (Å²) in [5, 5.41) is 2.46. The van der Waals surface area contributed by atoms with Gasteiger partial charge in [0.25, 0.3) is 0 Å². The summed E-state index contributed by atoms with van der Waals surface area (Å²) in [6, 6.07) is -1.22. The van der Waals surface area contributed by atoms with Crippen molar-refractivity contribution in [2.45, 2.75) is 38.8 Å². The number of alkyl carbamates (subject to hydrolysis) is 1. The molecule has 1 heterocycles. The lowest BCUT2D eigenvalue weighted by Gasteiger charge is -2.22. The van der Waals surface area contributed by atoms with Crippen LogP contribution in [0.4, 0.5) is 4.79 Å². The molecule has 0 saturated heterocycles. The third kappa shape index (κ3) is 6.89. The van der Waals surface area contributed by atoms with Crippen LogP contribution in [0, 0.1) is 0 Å². The standard InChI is InChI=1S/C13H18ClN3O4/c1-13(2,3)21-12(19)17-10(11(18)20-7-14)4-9-5-15-8-16-6-9/h5-6,8,10H,4,7H2,1-3H3,(H,17,19)/t10-/m1/s1. The molecule has 0 bridgehead atoms. The van der Waals surface area contributed by atoms with Gasteiger partial charge in [-0.2, -0.15) is 0 Å². The first-order chi connectivity index (χ1) is 9.81. The number of aromatic nitrogens is 2. The Morgan fingerprint density at radius 2 is 1.95 bits per heavy atom. The normalized spacial score (nSPS) is 12.4. The SMILES string of the molecule is CC(C)(C)OC(=O)N[C@H](Cc1cncnc1)C(=O)OCCl. The zero-order valence-corrected chi connectivity index (χ0v) is 12.9. The second kappa shape index (κ2) is 7.78. The van der Waals surface area contributed by atoms with Crippen LogP contribution in [0.3, 0.4) is 0 Å². The Balaban J connectivity index is 2.73. The molecule has 1 rings (SSSR count). The fraction of sp³-hybridized carbons (Fsp3) is 0.538.